The van der Waals surface area contributed by atoms with Gasteiger partial charge in [0, 0.05) is 5.41 Å². The number of benzene rings is 1. The Balaban J connectivity index is 0.000000271. The van der Waals surface area contributed by atoms with Crippen molar-refractivity contribution in [1.29, 1.82) is 0 Å². The minimum atomic E-state index is 0. The molecule has 0 N–H and O–H groups in total. The first-order valence-electron chi connectivity index (χ1n) is 18.4. The van der Waals surface area contributed by atoms with Crippen molar-refractivity contribution in [3.63, 3.8) is 0 Å². The molecule has 5 aliphatic carbocycles. The Hall–Kier alpha value is -1.01. The van der Waals surface area contributed by atoms with Gasteiger partial charge in [-0.25, -0.2) is 12.0 Å². The molecule has 48 heavy (non-hydrogen) atoms. The van der Waals surface area contributed by atoms with Crippen LogP contribution in [0, 0.1) is 53.3 Å². The molecule has 0 heterocycles. The Morgan fingerprint density at radius 1 is 0.896 bits per heavy atom. The molecular weight excluding hydrogens is 703 g/mol. The first-order chi connectivity index (χ1) is 21.5. The molecule has 2 fully saturated rings. The van der Waals surface area contributed by atoms with Crippen molar-refractivity contribution in [2.24, 2.45) is 40.4 Å². The predicted molar refractivity (Wildman–Crippen MR) is 198 cm³/mol. The van der Waals surface area contributed by atoms with Gasteiger partial charge in [0.15, 0.2) is 0 Å². The molecule has 0 aliphatic heterocycles. The van der Waals surface area contributed by atoms with Crippen molar-refractivity contribution < 1.29 is 49.0 Å². The van der Waals surface area contributed by atoms with Crippen LogP contribution >= 0.6 is 0 Å². The van der Waals surface area contributed by atoms with Gasteiger partial charge in [-0.05, 0) is 34.7 Å². The number of rotatable bonds is 0. The second-order valence-corrected chi connectivity index (χ2v) is 18.8. The van der Waals surface area contributed by atoms with E-state index in [9.17, 15) is 0 Å². The van der Waals surface area contributed by atoms with Gasteiger partial charge in [-0.2, -0.15) is 34.4 Å². The van der Waals surface area contributed by atoms with Gasteiger partial charge < -0.3 is 24.8 Å². The molecule has 5 aliphatic rings. The van der Waals surface area contributed by atoms with E-state index in [-0.39, 0.29) is 35.6 Å². The van der Waals surface area contributed by atoms with Crippen molar-refractivity contribution in [3.05, 3.63) is 99.5 Å². The zero-order valence-electron chi connectivity index (χ0n) is 32.1. The van der Waals surface area contributed by atoms with Crippen LogP contribution < -0.4 is 24.8 Å². The number of fused-ring (bicyclic) bond motifs is 6. The fourth-order valence-electron chi connectivity index (χ4n) is 9.85. The van der Waals surface area contributed by atoms with Crippen LogP contribution in [-0.4, -0.2) is 3.21 Å². The Kier molecular flexibility index (Phi) is 13.6. The second-order valence-electron chi connectivity index (χ2n) is 17.1. The van der Waals surface area contributed by atoms with Crippen LogP contribution in [0.3, 0.4) is 0 Å². The molecule has 2 saturated carbocycles. The van der Waals surface area contributed by atoms with Crippen LogP contribution in [0.5, 0.6) is 0 Å². The standard InChI is InChI=1S/C29H37.C10H15.C6H10.2ClH.Zr/c1-16-13-14-25-26-23-12-10-9-11-22(23)15-24(26)27-19(4)17(2)18(3)21(6)29(27,8)28(25,7)20(16)5;1-8-5-6-9(7-8)10(2,3)4;1-2-4-6-5-3-1;;;/h9-14,16-18,20-21H,15H2,1-8H3;5-7H,1-4H3;1-5H2;2*1H;/q2*-1;;;;+2/p-2. The molecule has 3 heteroatoms. The van der Waals surface area contributed by atoms with Crippen molar-refractivity contribution in [2.45, 2.75) is 127 Å². The molecule has 7 atom stereocenters. The molecule has 0 spiro atoms. The monoisotopic (exact) mass is 762 g/mol. The molecule has 0 amide bonds. The molecular formula is C45H62Cl2Zr-2. The Labute approximate surface area is 322 Å². The third-order valence-electron chi connectivity index (χ3n) is 13.7. The number of aryl methyl sites for hydroxylation is 1. The van der Waals surface area contributed by atoms with Crippen LogP contribution in [-0.2, 0) is 36.1 Å². The van der Waals surface area contributed by atoms with Gasteiger partial charge in [0.25, 0.3) is 0 Å². The molecule has 0 aromatic heterocycles. The average molecular weight is 765 g/mol. The van der Waals surface area contributed by atoms with E-state index in [0.717, 1.165) is 6.42 Å². The van der Waals surface area contributed by atoms with Crippen molar-refractivity contribution >= 4 is 8.78 Å². The summed E-state index contributed by atoms with van der Waals surface area (Å²) in [6.07, 6.45) is 13.4. The van der Waals surface area contributed by atoms with E-state index in [1.54, 1.807) is 55.7 Å². The third-order valence-corrected chi connectivity index (χ3v) is 15.0. The molecule has 7 rings (SSSR count). The molecule has 2 aromatic rings. The topological polar surface area (TPSA) is 0 Å². The molecule has 0 nitrogen and oxygen atoms in total. The zero-order chi connectivity index (χ0) is 33.8. The Morgan fingerprint density at radius 3 is 2.04 bits per heavy atom. The summed E-state index contributed by atoms with van der Waals surface area (Å²) in [6, 6.07) is 15.8. The molecule has 7 unspecified atom stereocenters. The molecule has 0 saturated heterocycles. The van der Waals surface area contributed by atoms with Crippen LogP contribution in [0.2, 0.25) is 0 Å². The maximum absolute atomic E-state index is 2.63. The predicted octanol–water partition coefficient (Wildman–Crippen LogP) is 6.37. The van der Waals surface area contributed by atoms with Gasteiger partial charge in [0.05, 0.1) is 0 Å². The van der Waals surface area contributed by atoms with Gasteiger partial charge in [-0.1, -0.05) is 147 Å². The number of hydrogen-bond donors (Lipinski definition) is 0. The Bertz CT molecular complexity index is 1540. The van der Waals surface area contributed by atoms with E-state index in [4.69, 9.17) is 0 Å². The number of halogens is 2. The van der Waals surface area contributed by atoms with E-state index in [0.29, 0.717) is 35.0 Å². The van der Waals surface area contributed by atoms with Gasteiger partial charge in [0.2, 0.25) is 0 Å². The van der Waals surface area contributed by atoms with E-state index >= 15 is 0 Å². The van der Waals surface area contributed by atoms with Crippen LogP contribution in [0.25, 0.3) is 5.57 Å². The van der Waals surface area contributed by atoms with Crippen LogP contribution in [0.4, 0.5) is 0 Å². The van der Waals surface area contributed by atoms with Gasteiger partial charge in [0.1, 0.15) is 0 Å². The van der Waals surface area contributed by atoms with E-state index in [1.165, 1.54) is 54.4 Å². The summed E-state index contributed by atoms with van der Waals surface area (Å²) >= 11 is 1.69. The van der Waals surface area contributed by atoms with Gasteiger partial charge in [-0.3, -0.25) is 0 Å². The minimum absolute atomic E-state index is 0. The van der Waals surface area contributed by atoms with Crippen molar-refractivity contribution in [1.82, 2.24) is 0 Å². The van der Waals surface area contributed by atoms with E-state index in [2.05, 4.69) is 138 Å². The summed E-state index contributed by atoms with van der Waals surface area (Å²) in [5.41, 5.74) is 13.0. The fraction of sp³-hybridized carbons (Fsp3) is 0.578. The summed E-state index contributed by atoms with van der Waals surface area (Å²) in [6.45, 7) is 29.0. The zero-order valence-corrected chi connectivity index (χ0v) is 36.1. The van der Waals surface area contributed by atoms with Crippen LogP contribution in [0.15, 0.2) is 71.3 Å². The van der Waals surface area contributed by atoms with E-state index < -0.39 is 0 Å². The normalized spacial score (nSPS) is 31.9. The molecule has 2 aromatic carbocycles. The van der Waals surface area contributed by atoms with E-state index in [1.807, 2.05) is 0 Å². The van der Waals surface area contributed by atoms with Gasteiger partial charge >= 0.3 is 59.5 Å². The SMILES string of the molecule is C[C-]1C2=C3Cc4ccccc4C3=C3C=CC(C)C(C)C3(C)C2(C)C(C)C(C)C1C.Cc1cc(C(C)(C)C)c[cH-]1.[Cl-].[Cl-].[Zr+2]=[C]1CCCCC1. The van der Waals surface area contributed by atoms with Gasteiger partial charge in [-0.15, -0.1) is 6.92 Å². The molecule has 262 valence electrons. The number of hydrogen-bond acceptors (Lipinski definition) is 0. The average Bonchev–Trinajstić information content (AvgIpc) is 3.63. The summed E-state index contributed by atoms with van der Waals surface area (Å²) in [4.78, 5) is 0. The first-order valence-corrected chi connectivity index (χ1v) is 19.7. The maximum atomic E-state index is 2.63. The van der Waals surface area contributed by atoms with Crippen molar-refractivity contribution in [3.8, 4) is 0 Å². The van der Waals surface area contributed by atoms with Crippen LogP contribution in [0.1, 0.15) is 131 Å². The number of allylic oxidation sites excluding steroid dienone is 6. The summed E-state index contributed by atoms with van der Waals surface area (Å²) in [5, 5.41) is 0. The molecule has 0 bridgehead atoms. The Morgan fingerprint density at radius 2 is 1.52 bits per heavy atom. The summed E-state index contributed by atoms with van der Waals surface area (Å²) < 4.78 is 1.80. The summed E-state index contributed by atoms with van der Waals surface area (Å²) in [5.74, 6) is 4.93. The first kappa shape index (κ1) is 41.4. The van der Waals surface area contributed by atoms with Crippen molar-refractivity contribution in [2.75, 3.05) is 0 Å². The quantitative estimate of drug-likeness (QED) is 0.274. The molecule has 0 radical (unpaired) electrons. The summed E-state index contributed by atoms with van der Waals surface area (Å²) in [7, 11) is 0. The fourth-order valence-corrected chi connectivity index (χ4v) is 10.7. The second kappa shape index (κ2) is 15.7. The third kappa shape index (κ3) is 7.07.